The average molecular weight is 377 g/mol. The Morgan fingerprint density at radius 3 is 1.11 bits per heavy atom. The van der Waals surface area contributed by atoms with Crippen LogP contribution in [0.3, 0.4) is 0 Å². The molecule has 0 aromatic carbocycles. The standard InChI is InChI=1S/2C4H7.Rf/c2*1-3-4-2;/h2*3H,1-2,4H2;/q2*-1;. The van der Waals surface area contributed by atoms with Crippen LogP contribution in [0.4, 0.5) is 0 Å². The summed E-state index contributed by atoms with van der Waals surface area (Å²) in [4.78, 5) is 0. The van der Waals surface area contributed by atoms with Gasteiger partial charge in [0.05, 0.1) is 0 Å². The van der Waals surface area contributed by atoms with Crippen molar-refractivity contribution in [1.82, 2.24) is 0 Å². The topological polar surface area (TPSA) is 0 Å². The fourth-order valence-corrected chi connectivity index (χ4v) is 0. The van der Waals surface area contributed by atoms with Gasteiger partial charge in [0.2, 0.25) is 0 Å². The molecule has 0 aliphatic rings. The van der Waals surface area contributed by atoms with Crippen molar-refractivity contribution in [3.8, 4) is 0 Å². The monoisotopic (exact) mass is 377 g/mol. The van der Waals surface area contributed by atoms with E-state index in [0.717, 1.165) is 12.8 Å². The van der Waals surface area contributed by atoms with Crippen molar-refractivity contribution in [3.63, 3.8) is 0 Å². The van der Waals surface area contributed by atoms with Gasteiger partial charge in [0.25, 0.3) is 0 Å². The summed E-state index contributed by atoms with van der Waals surface area (Å²) in [5, 5.41) is 0. The fraction of sp³-hybridized carbons (Fsp3) is 0.250. The third-order valence-corrected chi connectivity index (χ3v) is 0.408. The zero-order valence-electron chi connectivity index (χ0n) is 6.10. The van der Waals surface area contributed by atoms with Crippen molar-refractivity contribution in [2.24, 2.45) is 0 Å². The molecule has 0 heterocycles. The summed E-state index contributed by atoms with van der Waals surface area (Å²) in [6.45, 7) is 13.8. The van der Waals surface area contributed by atoms with Gasteiger partial charge in [-0.3, -0.25) is 0 Å². The summed E-state index contributed by atoms with van der Waals surface area (Å²) in [6.07, 6.45) is 5.19. The fourth-order valence-electron chi connectivity index (χ4n) is 0. The predicted octanol–water partition coefficient (Wildman–Crippen LogP) is 2.79. The van der Waals surface area contributed by atoms with Crippen molar-refractivity contribution in [3.05, 3.63) is 39.2 Å². The summed E-state index contributed by atoms with van der Waals surface area (Å²) >= 11 is 0. The summed E-state index contributed by atoms with van der Waals surface area (Å²) in [5.41, 5.74) is 0. The van der Waals surface area contributed by atoms with Crippen LogP contribution in [0.5, 0.6) is 0 Å². The molecular formula is C8H14Rf-2. The molecule has 0 aliphatic carbocycles. The maximum Gasteiger partial charge on any atom is 0 e. The van der Waals surface area contributed by atoms with E-state index in [2.05, 4.69) is 27.0 Å². The molecule has 0 nitrogen and oxygen atoms in total. The molecule has 0 N–H and O–H groups in total. The molecule has 0 atom stereocenters. The Labute approximate surface area is 52.9 Å². The second-order valence-electron chi connectivity index (χ2n) is 1.15. The molecule has 0 saturated heterocycles. The van der Waals surface area contributed by atoms with E-state index in [0.29, 0.717) is 0 Å². The van der Waals surface area contributed by atoms with Crippen molar-refractivity contribution in [2.75, 3.05) is 0 Å². The van der Waals surface area contributed by atoms with Crippen molar-refractivity contribution >= 4 is 0 Å². The molecule has 0 rings (SSSR count). The van der Waals surface area contributed by atoms with Crippen LogP contribution >= 0.6 is 0 Å². The van der Waals surface area contributed by atoms with Crippen LogP contribution < -0.4 is 0 Å². The predicted molar refractivity (Wildman–Crippen MR) is 40.3 cm³/mol. The van der Waals surface area contributed by atoms with Crippen molar-refractivity contribution in [2.45, 2.75) is 12.8 Å². The Balaban J connectivity index is -0.0000000720. The van der Waals surface area contributed by atoms with Crippen LogP contribution in [0.25, 0.3) is 0 Å². The maximum absolute atomic E-state index is 3.49. The second kappa shape index (κ2) is 31.6. The number of allylic oxidation sites excluding steroid dienone is 2. The molecular weight excluding hydrogens is 363 g/mol. The zero-order chi connectivity index (χ0) is 6.83. The van der Waals surface area contributed by atoms with Crippen LogP contribution in [0.2, 0.25) is 0 Å². The molecule has 50 valence electrons. The summed E-state index contributed by atoms with van der Waals surface area (Å²) < 4.78 is 0. The minimum atomic E-state index is 0. The van der Waals surface area contributed by atoms with Crippen molar-refractivity contribution in [1.29, 1.82) is 0 Å². The van der Waals surface area contributed by atoms with Crippen LogP contribution in [-0.2, 0) is 0 Å². The van der Waals surface area contributed by atoms with E-state index in [1.54, 1.807) is 12.2 Å². The van der Waals surface area contributed by atoms with Gasteiger partial charge < -0.3 is 13.8 Å². The summed E-state index contributed by atoms with van der Waals surface area (Å²) in [5.74, 6) is 0. The maximum atomic E-state index is 3.49. The first-order valence-electron chi connectivity index (χ1n) is 2.63. The Kier molecular flexibility index (Phi) is 55.0. The van der Waals surface area contributed by atoms with E-state index in [1.807, 2.05) is 0 Å². The quantitative estimate of drug-likeness (QED) is 0.513. The third-order valence-electron chi connectivity index (χ3n) is 0.408. The van der Waals surface area contributed by atoms with Crippen LogP contribution in [0, 0.1) is 13.8 Å². The normalized spacial score (nSPS) is 5.56. The van der Waals surface area contributed by atoms with Gasteiger partial charge in [0.15, 0.2) is 0 Å². The molecule has 0 unspecified atom stereocenters. The molecule has 9 heavy (non-hydrogen) atoms. The van der Waals surface area contributed by atoms with Crippen LogP contribution in [0.1, 0.15) is 12.8 Å². The van der Waals surface area contributed by atoms with Crippen LogP contribution in [-0.4, -0.2) is 0 Å². The number of rotatable bonds is 2. The van der Waals surface area contributed by atoms with Crippen molar-refractivity contribution < 1.29 is 0 Å². The molecule has 0 aliphatic heterocycles. The van der Waals surface area contributed by atoms with Gasteiger partial charge in [-0.2, -0.15) is 12.8 Å². The van der Waals surface area contributed by atoms with E-state index in [4.69, 9.17) is 0 Å². The minimum absolute atomic E-state index is 0. The third kappa shape index (κ3) is 564. The van der Waals surface area contributed by atoms with E-state index in [9.17, 15) is 0 Å². The van der Waals surface area contributed by atoms with Gasteiger partial charge in [-0.1, -0.05) is 0 Å². The Bertz CT molecular complexity index is 40.5. The van der Waals surface area contributed by atoms with Gasteiger partial charge in [0.1, 0.15) is 0 Å². The Hall–Kier alpha value is -1.52. The molecule has 0 aromatic heterocycles. The first-order chi connectivity index (χ1) is 3.83. The molecule has 0 aromatic rings. The van der Waals surface area contributed by atoms with E-state index < -0.39 is 0 Å². The molecule has 0 fully saturated rings. The molecule has 0 spiro atoms. The summed E-state index contributed by atoms with van der Waals surface area (Å²) in [6, 6.07) is 0. The number of hydrogen-bond donors (Lipinski definition) is 0. The Morgan fingerprint density at radius 1 is 1.00 bits per heavy atom. The SMILES string of the molecule is C=CC[CH2-].C=CC[CH2-].[Rf]. The average Bonchev–Trinajstić information content (AvgIpc) is 1.88. The van der Waals surface area contributed by atoms with Crippen LogP contribution in [0.15, 0.2) is 25.3 Å². The largest absolute Gasteiger partial charge is 0.340 e. The van der Waals surface area contributed by atoms with E-state index >= 15 is 0 Å². The first kappa shape index (κ1) is 15.6. The molecule has 1 heteroatoms. The summed E-state index contributed by atoms with van der Waals surface area (Å²) in [7, 11) is 0. The van der Waals surface area contributed by atoms with Gasteiger partial charge >= 0.3 is 0 Å². The smallest absolute Gasteiger partial charge is 0 e. The second-order valence-corrected chi connectivity index (χ2v) is 1.15. The molecule has 0 amide bonds. The zero-order valence-corrected chi connectivity index (χ0v) is 12.5. The Morgan fingerprint density at radius 2 is 1.11 bits per heavy atom. The molecule has 0 saturated carbocycles. The first-order valence-corrected chi connectivity index (χ1v) is 2.63. The number of hydrogen-bond acceptors (Lipinski definition) is 0. The van der Waals surface area contributed by atoms with Gasteiger partial charge in [-0.25, -0.2) is 0 Å². The van der Waals surface area contributed by atoms with Gasteiger partial charge in [0, 0.05) is 0 Å². The van der Waals surface area contributed by atoms with E-state index in [-0.39, 0.29) is 0 Å². The molecule has 0 bridgehead atoms. The van der Waals surface area contributed by atoms with E-state index in [1.165, 1.54) is 0 Å². The van der Waals surface area contributed by atoms with Gasteiger partial charge in [-0.05, 0) is 0 Å². The minimum Gasteiger partial charge on any atom is -0.340 e. The molecule has 0 radical (unpaired) electrons. The van der Waals surface area contributed by atoms with Gasteiger partial charge in [-0.15, -0.1) is 25.3 Å².